The Morgan fingerprint density at radius 2 is 1.65 bits per heavy atom. The lowest BCUT2D eigenvalue weighted by Gasteiger charge is -2.16. The van der Waals surface area contributed by atoms with Gasteiger partial charge < -0.3 is 14.8 Å². The van der Waals surface area contributed by atoms with Crippen molar-refractivity contribution in [1.29, 1.82) is 0 Å². The van der Waals surface area contributed by atoms with Crippen LogP contribution >= 0.6 is 0 Å². The Morgan fingerprint density at radius 1 is 1.04 bits per heavy atom. The number of nitrogens with zero attached hydrogens (tertiary/aromatic N) is 1. The molecule has 0 heterocycles. The predicted octanol–water partition coefficient (Wildman–Crippen LogP) is 2.35. The van der Waals surface area contributed by atoms with Crippen molar-refractivity contribution in [2.24, 2.45) is 0 Å². The smallest absolute Gasteiger partial charge is 0.255 e. The molecule has 0 bridgehead atoms. The molecule has 26 heavy (non-hydrogen) atoms. The average molecular weight is 382 g/mol. The number of ether oxygens (including phenoxy) is 2. The van der Waals surface area contributed by atoms with Gasteiger partial charge in [0.1, 0.15) is 10.6 Å². The SMILES string of the molecule is COc1ccc(C(=O)Nc2ccc(OC)c(S(=O)(=O)N(C)C)c2)cc1F. The molecule has 7 nitrogen and oxygen atoms in total. The molecule has 0 aromatic heterocycles. The molecule has 0 unspecified atom stereocenters. The number of sulfonamides is 1. The molecular formula is C17H19FN2O5S. The number of benzene rings is 2. The number of amides is 1. The highest BCUT2D eigenvalue weighted by Crippen LogP contribution is 2.29. The normalized spacial score (nSPS) is 11.3. The molecule has 2 aromatic carbocycles. The molecule has 140 valence electrons. The summed E-state index contributed by atoms with van der Waals surface area (Å²) in [4.78, 5) is 12.2. The van der Waals surface area contributed by atoms with Gasteiger partial charge in [0.25, 0.3) is 5.91 Å². The zero-order chi connectivity index (χ0) is 19.5. The van der Waals surface area contributed by atoms with Crippen molar-refractivity contribution in [3.63, 3.8) is 0 Å². The first-order chi connectivity index (χ1) is 12.2. The molecule has 0 aliphatic heterocycles. The van der Waals surface area contributed by atoms with Gasteiger partial charge in [-0.3, -0.25) is 4.79 Å². The summed E-state index contributed by atoms with van der Waals surface area (Å²) in [7, 11) is 1.67. The Morgan fingerprint density at radius 3 is 2.19 bits per heavy atom. The molecule has 2 aromatic rings. The molecular weight excluding hydrogens is 363 g/mol. The fourth-order valence-electron chi connectivity index (χ4n) is 2.16. The highest BCUT2D eigenvalue weighted by molar-refractivity contribution is 7.89. The molecule has 9 heteroatoms. The fraction of sp³-hybridized carbons (Fsp3) is 0.235. The van der Waals surface area contributed by atoms with E-state index in [1.165, 1.54) is 58.6 Å². The Hall–Kier alpha value is -2.65. The van der Waals surface area contributed by atoms with Crippen molar-refractivity contribution in [3.8, 4) is 11.5 Å². The van der Waals surface area contributed by atoms with Crippen LogP contribution in [0.3, 0.4) is 0 Å². The Balaban J connectivity index is 2.35. The van der Waals surface area contributed by atoms with Gasteiger partial charge in [-0.25, -0.2) is 17.1 Å². The molecule has 0 saturated carbocycles. The number of carbonyl (C=O) groups excluding carboxylic acids is 1. The van der Waals surface area contributed by atoms with Gasteiger partial charge in [0.05, 0.1) is 14.2 Å². The molecule has 1 amide bonds. The monoisotopic (exact) mass is 382 g/mol. The van der Waals surface area contributed by atoms with Crippen LogP contribution in [0.1, 0.15) is 10.4 Å². The Kier molecular flexibility index (Phi) is 5.83. The van der Waals surface area contributed by atoms with Crippen LogP contribution in [-0.2, 0) is 10.0 Å². The minimum atomic E-state index is -3.78. The number of halogens is 1. The minimum absolute atomic E-state index is 0.0189. The maximum atomic E-state index is 13.8. The van der Waals surface area contributed by atoms with E-state index in [1.807, 2.05) is 0 Å². The number of carbonyl (C=O) groups is 1. The number of nitrogens with one attached hydrogen (secondary N) is 1. The van der Waals surface area contributed by atoms with Crippen LogP contribution in [0.15, 0.2) is 41.3 Å². The highest BCUT2D eigenvalue weighted by atomic mass is 32.2. The average Bonchev–Trinajstić information content (AvgIpc) is 2.61. The summed E-state index contributed by atoms with van der Waals surface area (Å²) in [5.41, 5.74) is 0.295. The van der Waals surface area contributed by atoms with E-state index in [4.69, 9.17) is 9.47 Å². The standard InChI is InChI=1S/C17H19FN2O5S/c1-20(2)26(22,23)16-10-12(6-8-15(16)25-4)19-17(21)11-5-7-14(24-3)13(18)9-11/h5-10H,1-4H3,(H,19,21). The maximum absolute atomic E-state index is 13.8. The van der Waals surface area contributed by atoms with E-state index in [2.05, 4.69) is 5.32 Å². The zero-order valence-electron chi connectivity index (χ0n) is 14.7. The summed E-state index contributed by atoms with van der Waals surface area (Å²) < 4.78 is 49.5. The second-order valence-corrected chi connectivity index (χ2v) is 7.58. The quantitative estimate of drug-likeness (QED) is 0.829. The van der Waals surface area contributed by atoms with Crippen molar-refractivity contribution in [3.05, 3.63) is 47.8 Å². The minimum Gasteiger partial charge on any atom is -0.495 e. The molecule has 0 aliphatic carbocycles. The van der Waals surface area contributed by atoms with Crippen molar-refractivity contribution >= 4 is 21.6 Å². The topological polar surface area (TPSA) is 84.9 Å². The van der Waals surface area contributed by atoms with Gasteiger partial charge in [0.2, 0.25) is 10.0 Å². The number of hydrogen-bond acceptors (Lipinski definition) is 5. The number of methoxy groups -OCH3 is 2. The first kappa shape index (κ1) is 19.7. The molecule has 0 spiro atoms. The molecule has 0 saturated heterocycles. The zero-order valence-corrected chi connectivity index (χ0v) is 15.6. The highest BCUT2D eigenvalue weighted by Gasteiger charge is 2.23. The second-order valence-electron chi connectivity index (χ2n) is 5.46. The summed E-state index contributed by atoms with van der Waals surface area (Å²) in [6.07, 6.45) is 0. The van der Waals surface area contributed by atoms with E-state index in [9.17, 15) is 17.6 Å². The molecule has 1 N–H and O–H groups in total. The maximum Gasteiger partial charge on any atom is 0.255 e. The van der Waals surface area contributed by atoms with Gasteiger partial charge >= 0.3 is 0 Å². The molecule has 2 rings (SSSR count). The van der Waals surface area contributed by atoms with Crippen LogP contribution in [0.25, 0.3) is 0 Å². The van der Waals surface area contributed by atoms with Crippen LogP contribution in [0, 0.1) is 5.82 Å². The third-order valence-corrected chi connectivity index (χ3v) is 5.43. The van der Waals surface area contributed by atoms with Gasteiger partial charge in [-0.05, 0) is 36.4 Å². The fourth-order valence-corrected chi connectivity index (χ4v) is 3.24. The van der Waals surface area contributed by atoms with Crippen molar-refractivity contribution in [2.75, 3.05) is 33.6 Å². The Labute approximate surface area is 151 Å². The van der Waals surface area contributed by atoms with E-state index in [0.29, 0.717) is 0 Å². The van der Waals surface area contributed by atoms with Gasteiger partial charge in [0, 0.05) is 25.3 Å². The summed E-state index contributed by atoms with van der Waals surface area (Å²) in [5, 5.41) is 2.54. The molecule has 0 radical (unpaired) electrons. The first-order valence-corrected chi connectivity index (χ1v) is 8.90. The lowest BCUT2D eigenvalue weighted by atomic mass is 10.2. The Bertz CT molecular complexity index is 929. The van der Waals surface area contributed by atoms with Crippen molar-refractivity contribution < 1.29 is 27.1 Å². The van der Waals surface area contributed by atoms with Crippen LogP contribution in [0.2, 0.25) is 0 Å². The van der Waals surface area contributed by atoms with Gasteiger partial charge in [-0.15, -0.1) is 0 Å². The number of rotatable bonds is 6. The van der Waals surface area contributed by atoms with Crippen LogP contribution < -0.4 is 14.8 Å². The number of hydrogen-bond donors (Lipinski definition) is 1. The van der Waals surface area contributed by atoms with Gasteiger partial charge in [-0.1, -0.05) is 0 Å². The lowest BCUT2D eigenvalue weighted by molar-refractivity contribution is 0.102. The molecule has 0 atom stereocenters. The van der Waals surface area contributed by atoms with E-state index < -0.39 is 21.7 Å². The molecule has 0 fully saturated rings. The second kappa shape index (κ2) is 7.71. The first-order valence-electron chi connectivity index (χ1n) is 7.46. The number of anilines is 1. The summed E-state index contributed by atoms with van der Waals surface area (Å²) in [6, 6.07) is 7.98. The third-order valence-electron chi connectivity index (χ3n) is 3.59. The van der Waals surface area contributed by atoms with Crippen molar-refractivity contribution in [2.45, 2.75) is 4.90 Å². The van der Waals surface area contributed by atoms with E-state index in [-0.39, 0.29) is 27.6 Å². The van der Waals surface area contributed by atoms with Gasteiger partial charge in [-0.2, -0.15) is 0 Å². The summed E-state index contributed by atoms with van der Waals surface area (Å²) in [5.74, 6) is -1.10. The largest absolute Gasteiger partial charge is 0.495 e. The van der Waals surface area contributed by atoms with Gasteiger partial charge in [0.15, 0.2) is 11.6 Å². The van der Waals surface area contributed by atoms with Crippen LogP contribution in [0.4, 0.5) is 10.1 Å². The van der Waals surface area contributed by atoms with Crippen molar-refractivity contribution in [1.82, 2.24) is 4.31 Å². The predicted molar refractivity (Wildman–Crippen MR) is 94.8 cm³/mol. The van der Waals surface area contributed by atoms with Crippen LogP contribution in [-0.4, -0.2) is 46.9 Å². The summed E-state index contributed by atoms with van der Waals surface area (Å²) >= 11 is 0. The lowest BCUT2D eigenvalue weighted by Crippen LogP contribution is -2.23. The van der Waals surface area contributed by atoms with E-state index in [0.717, 1.165) is 10.4 Å². The third kappa shape index (κ3) is 3.94. The summed E-state index contributed by atoms with van der Waals surface area (Å²) in [6.45, 7) is 0. The van der Waals surface area contributed by atoms with E-state index in [1.54, 1.807) is 0 Å². The van der Waals surface area contributed by atoms with Crippen LogP contribution in [0.5, 0.6) is 11.5 Å². The molecule has 0 aliphatic rings. The van der Waals surface area contributed by atoms with E-state index >= 15 is 0 Å².